The summed E-state index contributed by atoms with van der Waals surface area (Å²) in [4.78, 5) is 11.3. The third-order valence-electron chi connectivity index (χ3n) is 3.49. The first kappa shape index (κ1) is 11.0. The number of rotatable bonds is 3. The Morgan fingerprint density at radius 2 is 1.81 bits per heavy atom. The summed E-state index contributed by atoms with van der Waals surface area (Å²) in [6.45, 7) is 0. The zero-order valence-corrected chi connectivity index (χ0v) is 9.36. The molecule has 0 spiro atoms. The first-order chi connectivity index (χ1) is 7.69. The third-order valence-corrected chi connectivity index (χ3v) is 3.49. The third kappa shape index (κ3) is 1.66. The minimum absolute atomic E-state index is 0.682. The lowest BCUT2D eigenvalue weighted by molar-refractivity contribution is -0.313. The second kappa shape index (κ2) is 4.16. The molecule has 0 amide bonds. The van der Waals surface area contributed by atoms with Gasteiger partial charge in [0, 0.05) is 5.41 Å². The summed E-state index contributed by atoms with van der Waals surface area (Å²) in [6.07, 6.45) is 3.28. The number of aliphatic carboxylic acids is 1. The number of carboxylic acid groups (broad SMARTS) is 1. The van der Waals surface area contributed by atoms with Crippen molar-refractivity contribution >= 4 is 5.97 Å². The quantitative estimate of drug-likeness (QED) is 0.769. The molecule has 1 aromatic carbocycles. The molecular weight excluding hydrogens is 204 g/mol. The van der Waals surface area contributed by atoms with Gasteiger partial charge in [0.2, 0.25) is 0 Å². The number of hydrogen-bond acceptors (Lipinski definition) is 3. The van der Waals surface area contributed by atoms with E-state index in [1.807, 2.05) is 12.1 Å². The molecule has 0 radical (unpaired) electrons. The van der Waals surface area contributed by atoms with Gasteiger partial charge in [-0.1, -0.05) is 25.0 Å². The summed E-state index contributed by atoms with van der Waals surface area (Å²) >= 11 is 0. The van der Waals surface area contributed by atoms with Gasteiger partial charge in [-0.25, -0.2) is 0 Å². The number of benzene rings is 1. The maximum Gasteiger partial charge on any atom is 0.118 e. The van der Waals surface area contributed by atoms with Crippen LogP contribution in [0.2, 0.25) is 0 Å². The minimum atomic E-state index is -0.949. The molecule has 3 nitrogen and oxygen atoms in total. The molecule has 0 N–H and O–H groups in total. The lowest BCUT2D eigenvalue weighted by atomic mass is 9.79. The van der Waals surface area contributed by atoms with Crippen molar-refractivity contribution in [2.24, 2.45) is 0 Å². The van der Waals surface area contributed by atoms with E-state index in [4.69, 9.17) is 4.74 Å². The first-order valence-electron chi connectivity index (χ1n) is 5.55. The van der Waals surface area contributed by atoms with E-state index in [1.54, 1.807) is 19.2 Å². The van der Waals surface area contributed by atoms with Crippen molar-refractivity contribution in [3.8, 4) is 5.75 Å². The molecule has 0 aromatic heterocycles. The Morgan fingerprint density at radius 3 is 2.25 bits per heavy atom. The molecule has 3 heteroatoms. The number of methoxy groups -OCH3 is 1. The average molecular weight is 219 g/mol. The van der Waals surface area contributed by atoms with E-state index < -0.39 is 11.4 Å². The van der Waals surface area contributed by atoms with Crippen LogP contribution in [0.5, 0.6) is 5.75 Å². The van der Waals surface area contributed by atoms with Crippen molar-refractivity contribution in [2.75, 3.05) is 7.11 Å². The zero-order valence-electron chi connectivity index (χ0n) is 9.36. The molecule has 0 heterocycles. The number of hydrogen-bond donors (Lipinski definition) is 0. The summed E-state index contributed by atoms with van der Waals surface area (Å²) in [6, 6.07) is 7.27. The van der Waals surface area contributed by atoms with Gasteiger partial charge >= 0.3 is 0 Å². The highest BCUT2D eigenvalue weighted by molar-refractivity contribution is 5.80. The fourth-order valence-electron chi connectivity index (χ4n) is 2.50. The van der Waals surface area contributed by atoms with E-state index in [-0.39, 0.29) is 0 Å². The Balaban J connectivity index is 2.36. The number of carbonyl (C=O) groups excluding carboxylic acids is 1. The maximum absolute atomic E-state index is 11.3. The molecular formula is C13H15O3-. The average Bonchev–Trinajstić information content (AvgIpc) is 2.79. The Morgan fingerprint density at radius 1 is 1.25 bits per heavy atom. The molecule has 0 bridgehead atoms. The summed E-state index contributed by atoms with van der Waals surface area (Å²) in [5, 5.41) is 11.3. The van der Waals surface area contributed by atoms with Crippen LogP contribution in [-0.2, 0) is 10.2 Å². The van der Waals surface area contributed by atoms with Gasteiger partial charge in [-0.15, -0.1) is 0 Å². The molecule has 0 atom stereocenters. The van der Waals surface area contributed by atoms with Gasteiger partial charge in [-0.2, -0.15) is 0 Å². The standard InChI is InChI=1S/C13H16O3/c1-16-11-6-4-10(5-7-11)13(12(14)15)8-2-3-9-13/h4-7H,2-3,8-9H2,1H3,(H,14,15)/p-1. The van der Waals surface area contributed by atoms with Crippen molar-refractivity contribution < 1.29 is 14.6 Å². The molecule has 16 heavy (non-hydrogen) atoms. The molecule has 1 fully saturated rings. The summed E-state index contributed by atoms with van der Waals surface area (Å²) in [7, 11) is 1.60. The highest BCUT2D eigenvalue weighted by atomic mass is 16.5. The smallest absolute Gasteiger partial charge is 0.118 e. The van der Waals surface area contributed by atoms with Crippen molar-refractivity contribution in [2.45, 2.75) is 31.1 Å². The fraction of sp³-hybridized carbons (Fsp3) is 0.462. The van der Waals surface area contributed by atoms with Crippen LogP contribution in [0.4, 0.5) is 0 Å². The minimum Gasteiger partial charge on any atom is -0.549 e. The van der Waals surface area contributed by atoms with Crippen LogP contribution in [0.15, 0.2) is 24.3 Å². The van der Waals surface area contributed by atoms with E-state index in [2.05, 4.69) is 0 Å². The van der Waals surface area contributed by atoms with Gasteiger partial charge in [0.25, 0.3) is 0 Å². The number of carbonyl (C=O) groups is 1. The molecule has 1 aliphatic rings. The fourth-order valence-corrected chi connectivity index (χ4v) is 2.50. The molecule has 0 saturated heterocycles. The van der Waals surface area contributed by atoms with E-state index in [1.165, 1.54) is 0 Å². The van der Waals surface area contributed by atoms with Gasteiger partial charge in [0.15, 0.2) is 0 Å². The Labute approximate surface area is 95.0 Å². The van der Waals surface area contributed by atoms with Crippen LogP contribution in [0, 0.1) is 0 Å². The lowest BCUT2D eigenvalue weighted by Crippen LogP contribution is -2.43. The van der Waals surface area contributed by atoms with Gasteiger partial charge in [0.05, 0.1) is 13.1 Å². The highest BCUT2D eigenvalue weighted by Crippen LogP contribution is 2.41. The first-order valence-corrected chi connectivity index (χ1v) is 5.55. The van der Waals surface area contributed by atoms with Crippen LogP contribution < -0.4 is 9.84 Å². The highest BCUT2D eigenvalue weighted by Gasteiger charge is 2.36. The number of ether oxygens (including phenoxy) is 1. The van der Waals surface area contributed by atoms with Crippen LogP contribution in [0.25, 0.3) is 0 Å². The monoisotopic (exact) mass is 219 g/mol. The summed E-state index contributed by atoms with van der Waals surface area (Å²) in [5.41, 5.74) is 0.0671. The second-order valence-electron chi connectivity index (χ2n) is 4.31. The Bertz CT molecular complexity index is 375. The zero-order chi connectivity index (χ0) is 11.6. The van der Waals surface area contributed by atoms with E-state index >= 15 is 0 Å². The molecule has 1 aromatic rings. The van der Waals surface area contributed by atoms with Gasteiger partial charge in [-0.05, 0) is 30.5 Å². The van der Waals surface area contributed by atoms with Crippen LogP contribution in [0.1, 0.15) is 31.2 Å². The van der Waals surface area contributed by atoms with E-state index in [9.17, 15) is 9.90 Å². The normalized spacial score (nSPS) is 18.3. The van der Waals surface area contributed by atoms with Crippen molar-refractivity contribution in [1.29, 1.82) is 0 Å². The largest absolute Gasteiger partial charge is 0.549 e. The van der Waals surface area contributed by atoms with Crippen molar-refractivity contribution in [3.63, 3.8) is 0 Å². The molecule has 0 aliphatic heterocycles. The lowest BCUT2D eigenvalue weighted by Gasteiger charge is -2.30. The van der Waals surface area contributed by atoms with Gasteiger partial charge < -0.3 is 14.6 Å². The maximum atomic E-state index is 11.3. The van der Waals surface area contributed by atoms with Crippen LogP contribution in [0.3, 0.4) is 0 Å². The van der Waals surface area contributed by atoms with Gasteiger partial charge in [-0.3, -0.25) is 0 Å². The molecule has 2 rings (SSSR count). The van der Waals surface area contributed by atoms with Crippen molar-refractivity contribution in [3.05, 3.63) is 29.8 Å². The Kier molecular flexibility index (Phi) is 2.86. The van der Waals surface area contributed by atoms with Crippen molar-refractivity contribution in [1.82, 2.24) is 0 Å². The van der Waals surface area contributed by atoms with E-state index in [0.717, 1.165) is 24.2 Å². The predicted octanol–water partition coefficient (Wildman–Crippen LogP) is 1.26. The topological polar surface area (TPSA) is 49.4 Å². The van der Waals surface area contributed by atoms with E-state index in [0.29, 0.717) is 12.8 Å². The molecule has 86 valence electrons. The molecule has 1 saturated carbocycles. The summed E-state index contributed by atoms with van der Waals surface area (Å²) in [5.74, 6) is -0.203. The van der Waals surface area contributed by atoms with Crippen LogP contribution >= 0.6 is 0 Å². The molecule has 0 unspecified atom stereocenters. The van der Waals surface area contributed by atoms with Gasteiger partial charge in [0.1, 0.15) is 5.75 Å². The predicted molar refractivity (Wildman–Crippen MR) is 58.1 cm³/mol. The summed E-state index contributed by atoms with van der Waals surface area (Å²) < 4.78 is 5.06. The van der Waals surface area contributed by atoms with Crippen LogP contribution in [-0.4, -0.2) is 13.1 Å². The SMILES string of the molecule is COc1ccc(C2(C(=O)[O-])CCCC2)cc1. The Hall–Kier alpha value is -1.51. The second-order valence-corrected chi connectivity index (χ2v) is 4.31. The molecule has 1 aliphatic carbocycles. The number of carboxylic acids is 1.